The molecule has 1 saturated carbocycles. The van der Waals surface area contributed by atoms with E-state index < -0.39 is 19.8 Å². The highest BCUT2D eigenvalue weighted by Crippen LogP contribution is 2.40. The molecule has 3 aromatic rings. The topological polar surface area (TPSA) is 81.2 Å². The van der Waals surface area contributed by atoms with Gasteiger partial charge in [0, 0.05) is 50.5 Å². The van der Waals surface area contributed by atoms with Gasteiger partial charge in [-0.05, 0) is 99.3 Å². The fraction of sp³-hybridized carbons (Fsp3) is 0.548. The lowest BCUT2D eigenvalue weighted by Gasteiger charge is -2.40. The first kappa shape index (κ1) is 38.5. The summed E-state index contributed by atoms with van der Waals surface area (Å²) in [5, 5.41) is 0.170. The molecule has 1 aliphatic heterocycles. The van der Waals surface area contributed by atoms with E-state index in [0.717, 1.165) is 47.1 Å². The molecule has 2 aliphatic rings. The Bertz CT molecular complexity index is 1640. The van der Waals surface area contributed by atoms with Crippen LogP contribution in [0.15, 0.2) is 66.9 Å². The van der Waals surface area contributed by atoms with Gasteiger partial charge in [-0.2, -0.15) is 0 Å². The van der Waals surface area contributed by atoms with Crippen molar-refractivity contribution >= 4 is 20.3 Å². The van der Waals surface area contributed by atoms with Crippen LogP contribution in [-0.2, 0) is 20.5 Å². The van der Waals surface area contributed by atoms with Gasteiger partial charge in [-0.15, -0.1) is 0 Å². The van der Waals surface area contributed by atoms with Crippen molar-refractivity contribution in [2.75, 3.05) is 26.3 Å². The number of hydrogen-bond acceptors (Lipinski definition) is 6. The first-order valence-electron chi connectivity index (χ1n) is 18.7. The minimum absolute atomic E-state index is 0.0351. The van der Waals surface area contributed by atoms with E-state index in [-0.39, 0.29) is 29.0 Å². The molecule has 0 radical (unpaired) electrons. The molecule has 5 rings (SSSR count). The van der Waals surface area contributed by atoms with Gasteiger partial charge in [-0.3, -0.25) is 4.79 Å². The van der Waals surface area contributed by atoms with Gasteiger partial charge in [-0.25, -0.2) is 9.78 Å². The van der Waals surface area contributed by atoms with Crippen molar-refractivity contribution < 1.29 is 23.5 Å². The molecule has 9 heteroatoms. The van der Waals surface area contributed by atoms with Crippen molar-refractivity contribution in [3.63, 3.8) is 0 Å². The van der Waals surface area contributed by atoms with Crippen LogP contribution in [0.5, 0.6) is 5.88 Å². The summed E-state index contributed by atoms with van der Waals surface area (Å²) in [6.45, 7) is 21.4. The van der Waals surface area contributed by atoms with Crippen molar-refractivity contribution in [2.24, 2.45) is 5.92 Å². The van der Waals surface area contributed by atoms with E-state index in [0.29, 0.717) is 45.1 Å². The number of ether oxygens (including phenoxy) is 2. The summed E-state index contributed by atoms with van der Waals surface area (Å²) in [6, 6.07) is 21.1. The maximum absolute atomic E-state index is 14.9. The molecule has 276 valence electrons. The fourth-order valence-electron chi connectivity index (χ4n) is 6.49. The van der Waals surface area contributed by atoms with Crippen molar-refractivity contribution in [3.8, 4) is 17.0 Å². The normalized spacial score (nSPS) is 18.3. The summed E-state index contributed by atoms with van der Waals surface area (Å²) < 4.78 is 18.3. The van der Waals surface area contributed by atoms with Gasteiger partial charge in [0.25, 0.3) is 0 Å². The van der Waals surface area contributed by atoms with Gasteiger partial charge < -0.3 is 23.7 Å². The Hall–Kier alpha value is -3.69. The molecule has 8 nitrogen and oxygen atoms in total. The minimum Gasteiger partial charge on any atom is -0.477 e. The molecule has 0 unspecified atom stereocenters. The summed E-state index contributed by atoms with van der Waals surface area (Å²) in [5.41, 5.74) is 4.76. The molecule has 2 atom stereocenters. The number of benzene rings is 2. The van der Waals surface area contributed by atoms with E-state index in [2.05, 4.69) is 80.1 Å². The summed E-state index contributed by atoms with van der Waals surface area (Å²) in [7, 11) is -1.81. The number of pyridine rings is 1. The average molecular weight is 714 g/mol. The van der Waals surface area contributed by atoms with Crippen LogP contribution in [0.2, 0.25) is 18.1 Å². The van der Waals surface area contributed by atoms with Gasteiger partial charge in [0.1, 0.15) is 5.60 Å². The number of hydrogen-bond donors (Lipinski definition) is 0. The number of carbonyl (C=O) groups excluding carboxylic acids is 2. The molecule has 1 saturated heterocycles. The molecule has 0 N–H and O–H groups in total. The Morgan fingerprint density at radius 3 is 2.29 bits per heavy atom. The molecular weight excluding hydrogens is 655 g/mol. The van der Waals surface area contributed by atoms with Crippen LogP contribution in [-0.4, -0.2) is 73.0 Å². The third-order valence-corrected chi connectivity index (χ3v) is 15.2. The van der Waals surface area contributed by atoms with E-state index in [1.54, 1.807) is 11.1 Å². The van der Waals surface area contributed by atoms with E-state index >= 15 is 0 Å². The number of carbonyl (C=O) groups is 2. The second-order valence-electron chi connectivity index (χ2n) is 16.8. The van der Waals surface area contributed by atoms with Gasteiger partial charge >= 0.3 is 6.09 Å². The molecule has 2 aromatic carbocycles. The van der Waals surface area contributed by atoms with Gasteiger partial charge in [0.2, 0.25) is 11.8 Å². The number of rotatable bonds is 12. The largest absolute Gasteiger partial charge is 0.477 e. The van der Waals surface area contributed by atoms with Gasteiger partial charge in [0.05, 0.1) is 12.5 Å². The lowest BCUT2D eigenvalue weighted by molar-refractivity contribution is -0.139. The maximum Gasteiger partial charge on any atom is 0.410 e. The Kier molecular flexibility index (Phi) is 12.0. The third-order valence-electron chi connectivity index (χ3n) is 10.7. The number of amides is 2. The van der Waals surface area contributed by atoms with Crippen molar-refractivity contribution in [2.45, 2.75) is 116 Å². The highest BCUT2D eigenvalue weighted by molar-refractivity contribution is 6.74. The fourth-order valence-corrected chi connectivity index (χ4v) is 7.57. The van der Waals surface area contributed by atoms with Crippen LogP contribution in [0, 0.1) is 12.8 Å². The van der Waals surface area contributed by atoms with Crippen molar-refractivity contribution in [3.05, 3.63) is 83.6 Å². The first-order chi connectivity index (χ1) is 24.0. The molecule has 2 heterocycles. The number of likely N-dealkylation sites (tertiary alicyclic amines) is 1. The molecule has 0 spiro atoms. The van der Waals surface area contributed by atoms with E-state index in [9.17, 15) is 9.59 Å². The average Bonchev–Trinajstić information content (AvgIpc) is 3.92. The number of piperidine rings is 1. The minimum atomic E-state index is -1.81. The second kappa shape index (κ2) is 15.9. The highest BCUT2D eigenvalue weighted by Gasteiger charge is 2.43. The summed E-state index contributed by atoms with van der Waals surface area (Å²) in [6.07, 6.45) is 4.83. The lowest BCUT2D eigenvalue weighted by atomic mass is 9.79. The van der Waals surface area contributed by atoms with E-state index in [1.165, 1.54) is 0 Å². The number of nitrogens with zero attached hydrogens (tertiary/aromatic N) is 3. The zero-order valence-corrected chi connectivity index (χ0v) is 33.3. The first-order valence-corrected chi connectivity index (χ1v) is 21.6. The van der Waals surface area contributed by atoms with Crippen LogP contribution in [0.4, 0.5) is 4.79 Å². The maximum atomic E-state index is 14.9. The summed E-state index contributed by atoms with van der Waals surface area (Å²) in [5.74, 6) is 0.249. The molecule has 51 heavy (non-hydrogen) atoms. The molecule has 2 fully saturated rings. The monoisotopic (exact) mass is 713 g/mol. The molecular formula is C42H59N3O5Si. The molecule has 2 amide bonds. The highest BCUT2D eigenvalue weighted by atomic mass is 28.4. The third kappa shape index (κ3) is 10.0. The zero-order chi connectivity index (χ0) is 37.0. The Balaban J connectivity index is 1.35. The quantitative estimate of drug-likeness (QED) is 0.138. The van der Waals surface area contributed by atoms with E-state index in [1.807, 2.05) is 52.0 Å². The summed E-state index contributed by atoms with van der Waals surface area (Å²) in [4.78, 5) is 36.5. The molecule has 1 aromatic heterocycles. The Morgan fingerprint density at radius 2 is 1.63 bits per heavy atom. The predicted molar refractivity (Wildman–Crippen MR) is 206 cm³/mol. The van der Waals surface area contributed by atoms with E-state index in [4.69, 9.17) is 13.9 Å². The van der Waals surface area contributed by atoms with Crippen LogP contribution < -0.4 is 4.74 Å². The Labute approximate surface area is 307 Å². The van der Waals surface area contributed by atoms with Crippen LogP contribution in [0.25, 0.3) is 11.1 Å². The second-order valence-corrected chi connectivity index (χ2v) is 21.6. The number of aromatic nitrogens is 1. The molecule has 0 bridgehead atoms. The van der Waals surface area contributed by atoms with Gasteiger partial charge in [0.15, 0.2) is 8.32 Å². The standard InChI is InChI=1S/C42H59N3O5Si/c1-30-34(21-23-43-38(30)48-25-14-26-49-51(8,9)42(5,6)7)28-45(35-19-20-35)39(46)37-29-44(40(47)50-41(2,3)4)24-22-36(37)33-18-13-17-32(27-33)31-15-11-10-12-16-31/h10-13,15-18,21,23,27,35-37H,14,19-20,22,24-26,28-29H2,1-9H3/t36-,37+/m1/s1. The van der Waals surface area contributed by atoms with Crippen LogP contribution in [0.1, 0.15) is 89.8 Å². The lowest BCUT2D eigenvalue weighted by Crippen LogP contribution is -2.51. The van der Waals surface area contributed by atoms with Crippen molar-refractivity contribution in [1.82, 2.24) is 14.8 Å². The SMILES string of the molecule is Cc1c(CN(C(=O)[C@H]2CN(C(=O)OC(C)(C)C)CC[C@@H]2c2cccc(-c3ccccc3)c2)C2CC2)ccnc1OCCCO[Si](C)(C)C(C)(C)C. The molecule has 1 aliphatic carbocycles. The van der Waals surface area contributed by atoms with Crippen molar-refractivity contribution in [1.29, 1.82) is 0 Å². The predicted octanol–water partition coefficient (Wildman–Crippen LogP) is 9.38. The Morgan fingerprint density at radius 1 is 0.922 bits per heavy atom. The van der Waals surface area contributed by atoms with Crippen LogP contribution in [0.3, 0.4) is 0 Å². The smallest absolute Gasteiger partial charge is 0.410 e. The van der Waals surface area contributed by atoms with Gasteiger partial charge in [-0.1, -0.05) is 75.4 Å². The summed E-state index contributed by atoms with van der Waals surface area (Å²) >= 11 is 0. The zero-order valence-electron chi connectivity index (χ0n) is 32.3. The van der Waals surface area contributed by atoms with Crippen LogP contribution >= 0.6 is 0 Å².